The molecule has 6 heteroatoms. The third kappa shape index (κ3) is 2.25. The van der Waals surface area contributed by atoms with Gasteiger partial charge in [-0.1, -0.05) is 12.1 Å². The lowest BCUT2D eigenvalue weighted by Crippen LogP contribution is -2.43. The van der Waals surface area contributed by atoms with Crippen LogP contribution in [0.4, 0.5) is 0 Å². The number of carbonyl (C=O) groups excluding carboxylic acids is 1. The van der Waals surface area contributed by atoms with E-state index >= 15 is 0 Å². The van der Waals surface area contributed by atoms with Gasteiger partial charge in [0.15, 0.2) is 5.76 Å². The van der Waals surface area contributed by atoms with E-state index in [4.69, 9.17) is 4.42 Å². The fourth-order valence-electron chi connectivity index (χ4n) is 3.36. The van der Waals surface area contributed by atoms with E-state index in [1.165, 1.54) is 6.20 Å². The highest BCUT2D eigenvalue weighted by molar-refractivity contribution is 5.90. The van der Waals surface area contributed by atoms with Gasteiger partial charge in [-0.05, 0) is 31.0 Å². The fraction of sp³-hybridized carbons (Fsp3) is 0.375. The van der Waals surface area contributed by atoms with Crippen LogP contribution < -0.4 is 5.32 Å². The molecule has 4 rings (SSSR count). The van der Waals surface area contributed by atoms with Crippen molar-refractivity contribution in [2.45, 2.75) is 12.5 Å². The number of hydrogen-bond donors (Lipinski definition) is 2. The first-order chi connectivity index (χ1) is 10.7. The van der Waals surface area contributed by atoms with Gasteiger partial charge in [0.2, 0.25) is 0 Å². The molecule has 2 fully saturated rings. The minimum Gasteiger partial charge on any atom is -0.507 e. The number of nitrogens with one attached hydrogen (secondary N) is 1. The van der Waals surface area contributed by atoms with E-state index in [0.29, 0.717) is 17.2 Å². The molecule has 2 N–H and O–H groups in total. The highest BCUT2D eigenvalue weighted by Crippen LogP contribution is 2.30. The summed E-state index contributed by atoms with van der Waals surface area (Å²) in [6.45, 7) is 3.11. The second-order valence-electron chi connectivity index (χ2n) is 5.94. The number of amides is 1. The number of aromatic nitrogens is 1. The summed E-state index contributed by atoms with van der Waals surface area (Å²) in [5, 5.41) is 12.8. The molecule has 6 nitrogen and oxygen atoms in total. The molecule has 0 aliphatic carbocycles. The van der Waals surface area contributed by atoms with Crippen molar-refractivity contribution in [1.82, 2.24) is 15.2 Å². The second-order valence-corrected chi connectivity index (χ2v) is 5.94. The fourth-order valence-corrected chi connectivity index (χ4v) is 3.36. The number of nitrogens with zero attached hydrogens (tertiary/aromatic N) is 2. The van der Waals surface area contributed by atoms with Gasteiger partial charge in [-0.25, -0.2) is 4.98 Å². The highest BCUT2D eigenvalue weighted by atomic mass is 16.4. The van der Waals surface area contributed by atoms with Crippen molar-refractivity contribution in [2.24, 2.45) is 5.92 Å². The first-order valence-electron chi connectivity index (χ1n) is 7.48. The maximum Gasteiger partial charge on any atom is 0.307 e. The molecule has 1 aromatic heterocycles. The summed E-state index contributed by atoms with van der Waals surface area (Å²) in [5.74, 6) is 0.777. The number of benzene rings is 1. The summed E-state index contributed by atoms with van der Waals surface area (Å²) >= 11 is 0. The van der Waals surface area contributed by atoms with Gasteiger partial charge in [0.25, 0.3) is 5.89 Å². The Bertz CT molecular complexity index is 712. The van der Waals surface area contributed by atoms with E-state index in [1.54, 1.807) is 24.3 Å². The SMILES string of the molecule is O=C(NC1CN2CC[C@H]1C2)c1ncc(-c2ccccc2O)o1. The molecule has 2 aliphatic rings. The van der Waals surface area contributed by atoms with Gasteiger partial charge < -0.3 is 19.7 Å². The van der Waals surface area contributed by atoms with E-state index in [1.807, 2.05) is 0 Å². The van der Waals surface area contributed by atoms with E-state index in [-0.39, 0.29) is 23.6 Å². The van der Waals surface area contributed by atoms with Gasteiger partial charge in [-0.3, -0.25) is 4.79 Å². The molecule has 3 heterocycles. The molecule has 0 radical (unpaired) electrons. The number of piperidine rings is 1. The molecule has 1 amide bonds. The van der Waals surface area contributed by atoms with Crippen LogP contribution in [0.1, 0.15) is 17.1 Å². The lowest BCUT2D eigenvalue weighted by atomic mass is 10.0. The first-order valence-corrected chi connectivity index (χ1v) is 7.48. The molecule has 2 unspecified atom stereocenters. The quantitative estimate of drug-likeness (QED) is 0.897. The Kier molecular flexibility index (Phi) is 3.11. The normalized spacial score (nSPS) is 26.3. The van der Waals surface area contributed by atoms with Crippen LogP contribution in [-0.2, 0) is 0 Å². The highest BCUT2D eigenvalue weighted by Gasteiger charge is 2.39. The van der Waals surface area contributed by atoms with Gasteiger partial charge in [0.1, 0.15) is 5.75 Å². The molecule has 1 aromatic carbocycles. The smallest absolute Gasteiger partial charge is 0.307 e. The summed E-state index contributed by atoms with van der Waals surface area (Å²) in [4.78, 5) is 18.7. The largest absolute Gasteiger partial charge is 0.507 e. The van der Waals surface area contributed by atoms with Gasteiger partial charge in [0, 0.05) is 19.1 Å². The molecule has 0 spiro atoms. The van der Waals surface area contributed by atoms with Crippen LogP contribution in [0.15, 0.2) is 34.9 Å². The number of phenolic OH excluding ortho intramolecular Hbond substituents is 1. The van der Waals surface area contributed by atoms with Crippen LogP contribution in [-0.4, -0.2) is 46.6 Å². The Morgan fingerprint density at radius 2 is 2.23 bits per heavy atom. The number of oxazole rings is 1. The zero-order chi connectivity index (χ0) is 15.1. The molecular formula is C16H17N3O3. The predicted octanol–water partition coefficient (Wildman–Crippen LogP) is 1.48. The third-order valence-electron chi connectivity index (χ3n) is 4.52. The Hall–Kier alpha value is -2.34. The molecule has 2 aromatic rings. The van der Waals surface area contributed by atoms with Gasteiger partial charge in [0.05, 0.1) is 11.8 Å². The number of fused-ring (bicyclic) bond motifs is 2. The standard InChI is InChI=1S/C16H17N3O3/c20-13-4-2-1-3-11(13)14-7-17-16(22-14)15(21)18-12-9-19-6-5-10(12)8-19/h1-4,7,10,12,20H,5-6,8-9H2,(H,18,21)/t10-,12?/m0/s1. The zero-order valence-corrected chi connectivity index (χ0v) is 12.0. The number of rotatable bonds is 3. The summed E-state index contributed by atoms with van der Waals surface area (Å²) < 4.78 is 5.51. The van der Waals surface area contributed by atoms with Gasteiger partial charge in [-0.15, -0.1) is 0 Å². The minimum absolute atomic E-state index is 0.0380. The number of para-hydroxylation sites is 1. The predicted molar refractivity (Wildman–Crippen MR) is 79.4 cm³/mol. The van der Waals surface area contributed by atoms with Gasteiger partial charge in [-0.2, -0.15) is 0 Å². The Morgan fingerprint density at radius 3 is 2.95 bits per heavy atom. The minimum atomic E-state index is -0.291. The first kappa shape index (κ1) is 13.3. The van der Waals surface area contributed by atoms with Crippen molar-refractivity contribution in [3.63, 3.8) is 0 Å². The number of aromatic hydroxyl groups is 1. The second kappa shape index (κ2) is 5.14. The number of carbonyl (C=O) groups is 1. The van der Waals surface area contributed by atoms with E-state index in [9.17, 15) is 9.90 Å². The lowest BCUT2D eigenvalue weighted by molar-refractivity contribution is 0.0890. The van der Waals surface area contributed by atoms with Crippen LogP contribution in [0, 0.1) is 5.92 Å². The number of phenols is 1. The van der Waals surface area contributed by atoms with E-state index in [0.717, 1.165) is 26.1 Å². The van der Waals surface area contributed by atoms with Crippen molar-refractivity contribution < 1.29 is 14.3 Å². The summed E-state index contributed by atoms with van der Waals surface area (Å²) in [6.07, 6.45) is 2.61. The van der Waals surface area contributed by atoms with Crippen molar-refractivity contribution >= 4 is 5.91 Å². The van der Waals surface area contributed by atoms with Crippen LogP contribution in [0.5, 0.6) is 5.75 Å². The topological polar surface area (TPSA) is 78.6 Å². The third-order valence-corrected chi connectivity index (χ3v) is 4.52. The Labute approximate surface area is 127 Å². The van der Waals surface area contributed by atoms with E-state index < -0.39 is 0 Å². The van der Waals surface area contributed by atoms with Crippen LogP contribution >= 0.6 is 0 Å². The summed E-state index contributed by atoms with van der Waals surface area (Å²) in [6, 6.07) is 7.00. The maximum absolute atomic E-state index is 12.3. The molecule has 22 heavy (non-hydrogen) atoms. The monoisotopic (exact) mass is 299 g/mol. The van der Waals surface area contributed by atoms with Crippen LogP contribution in [0.3, 0.4) is 0 Å². The Balaban J connectivity index is 1.49. The molecule has 3 atom stereocenters. The summed E-state index contributed by atoms with van der Waals surface area (Å²) in [7, 11) is 0. The zero-order valence-electron chi connectivity index (χ0n) is 12.0. The lowest BCUT2D eigenvalue weighted by Gasteiger charge is -2.22. The molecular weight excluding hydrogens is 282 g/mol. The molecule has 114 valence electrons. The average molecular weight is 299 g/mol. The van der Waals surface area contributed by atoms with Crippen LogP contribution in [0.2, 0.25) is 0 Å². The van der Waals surface area contributed by atoms with Crippen LogP contribution in [0.25, 0.3) is 11.3 Å². The summed E-state index contributed by atoms with van der Waals surface area (Å²) in [5.41, 5.74) is 0.528. The molecule has 2 bridgehead atoms. The van der Waals surface area contributed by atoms with E-state index in [2.05, 4.69) is 15.2 Å². The van der Waals surface area contributed by atoms with Crippen molar-refractivity contribution in [1.29, 1.82) is 0 Å². The Morgan fingerprint density at radius 1 is 1.36 bits per heavy atom. The number of hydrogen-bond acceptors (Lipinski definition) is 5. The van der Waals surface area contributed by atoms with Crippen molar-refractivity contribution in [3.8, 4) is 17.1 Å². The molecule has 0 saturated carbocycles. The average Bonchev–Trinajstić information content (AvgIpc) is 3.24. The van der Waals surface area contributed by atoms with Gasteiger partial charge >= 0.3 is 5.91 Å². The van der Waals surface area contributed by atoms with Crippen molar-refractivity contribution in [2.75, 3.05) is 19.6 Å². The molecule has 2 saturated heterocycles. The maximum atomic E-state index is 12.3. The molecule has 2 aliphatic heterocycles. The van der Waals surface area contributed by atoms with Crippen molar-refractivity contribution in [3.05, 3.63) is 36.4 Å².